The lowest BCUT2D eigenvalue weighted by Gasteiger charge is -2.25. The molecule has 19 heavy (non-hydrogen) atoms. The third-order valence-corrected chi connectivity index (χ3v) is 4.08. The summed E-state index contributed by atoms with van der Waals surface area (Å²) in [6, 6.07) is 5.70. The molecule has 0 bridgehead atoms. The third-order valence-electron chi connectivity index (χ3n) is 4.08. The van der Waals surface area contributed by atoms with E-state index in [0.717, 1.165) is 42.9 Å². The fourth-order valence-corrected chi connectivity index (χ4v) is 2.56. The van der Waals surface area contributed by atoms with E-state index in [-0.39, 0.29) is 11.3 Å². The quantitative estimate of drug-likeness (QED) is 0.875. The van der Waals surface area contributed by atoms with Gasteiger partial charge in [0, 0.05) is 12.2 Å². The third kappa shape index (κ3) is 2.73. The van der Waals surface area contributed by atoms with Crippen LogP contribution >= 0.6 is 0 Å². The fourth-order valence-electron chi connectivity index (χ4n) is 2.56. The minimum Gasteiger partial charge on any atom is -0.497 e. The van der Waals surface area contributed by atoms with Crippen LogP contribution in [0, 0.1) is 12.3 Å². The molecule has 4 nitrogen and oxygen atoms in total. The van der Waals surface area contributed by atoms with E-state index in [9.17, 15) is 4.79 Å². The molecule has 4 heteroatoms. The molecule has 2 N–H and O–H groups in total. The first-order chi connectivity index (χ1) is 9.11. The van der Waals surface area contributed by atoms with Crippen molar-refractivity contribution in [2.75, 3.05) is 25.5 Å². The monoisotopic (exact) mass is 262 g/mol. The summed E-state index contributed by atoms with van der Waals surface area (Å²) >= 11 is 0. The molecule has 1 amide bonds. The number of carbonyl (C=O) groups is 1. The van der Waals surface area contributed by atoms with E-state index >= 15 is 0 Å². The van der Waals surface area contributed by atoms with Crippen molar-refractivity contribution in [3.05, 3.63) is 23.8 Å². The van der Waals surface area contributed by atoms with E-state index in [1.54, 1.807) is 7.11 Å². The summed E-state index contributed by atoms with van der Waals surface area (Å²) in [6.07, 6.45) is 1.77. The first-order valence-electron chi connectivity index (χ1n) is 6.78. The lowest BCUT2D eigenvalue weighted by molar-refractivity contribution is -0.124. The lowest BCUT2D eigenvalue weighted by atomic mass is 9.83. The number of nitrogens with one attached hydrogen (secondary N) is 2. The minimum atomic E-state index is -0.258. The van der Waals surface area contributed by atoms with E-state index in [2.05, 4.69) is 17.6 Å². The van der Waals surface area contributed by atoms with Gasteiger partial charge in [-0.1, -0.05) is 6.92 Å². The van der Waals surface area contributed by atoms with Crippen LogP contribution in [0.25, 0.3) is 0 Å². The Kier molecular flexibility index (Phi) is 4.10. The Morgan fingerprint density at radius 2 is 2.32 bits per heavy atom. The number of carbonyl (C=O) groups excluding carboxylic acids is 1. The van der Waals surface area contributed by atoms with Crippen molar-refractivity contribution in [2.24, 2.45) is 5.41 Å². The Balaban J connectivity index is 2.14. The molecule has 1 aromatic carbocycles. The number of methoxy groups -OCH3 is 1. The van der Waals surface area contributed by atoms with E-state index < -0.39 is 0 Å². The van der Waals surface area contributed by atoms with Crippen LogP contribution in [0.3, 0.4) is 0 Å². The number of hydrogen-bond acceptors (Lipinski definition) is 3. The van der Waals surface area contributed by atoms with Gasteiger partial charge in [-0.2, -0.15) is 0 Å². The zero-order valence-corrected chi connectivity index (χ0v) is 11.9. The predicted octanol–water partition coefficient (Wildman–Crippen LogP) is 2.33. The van der Waals surface area contributed by atoms with E-state index in [0.29, 0.717) is 0 Å². The summed E-state index contributed by atoms with van der Waals surface area (Å²) in [7, 11) is 1.64. The highest BCUT2D eigenvalue weighted by molar-refractivity contribution is 5.96. The zero-order valence-electron chi connectivity index (χ0n) is 11.9. The van der Waals surface area contributed by atoms with Crippen LogP contribution in [-0.4, -0.2) is 26.1 Å². The molecule has 1 saturated heterocycles. The van der Waals surface area contributed by atoms with Crippen LogP contribution in [-0.2, 0) is 4.79 Å². The number of amides is 1. The van der Waals surface area contributed by atoms with Crippen molar-refractivity contribution in [3.63, 3.8) is 0 Å². The molecule has 0 saturated carbocycles. The molecule has 0 aromatic heterocycles. The first kappa shape index (κ1) is 13.9. The first-order valence-corrected chi connectivity index (χ1v) is 6.78. The summed E-state index contributed by atoms with van der Waals surface area (Å²) in [6.45, 7) is 5.74. The van der Waals surface area contributed by atoms with Crippen LogP contribution in [0.4, 0.5) is 5.69 Å². The molecule has 104 valence electrons. The van der Waals surface area contributed by atoms with Crippen molar-refractivity contribution in [3.8, 4) is 5.75 Å². The maximum atomic E-state index is 12.5. The molecule has 1 heterocycles. The van der Waals surface area contributed by atoms with Gasteiger partial charge in [0.2, 0.25) is 5.91 Å². The van der Waals surface area contributed by atoms with Gasteiger partial charge < -0.3 is 15.4 Å². The Morgan fingerprint density at radius 3 is 2.84 bits per heavy atom. The highest BCUT2D eigenvalue weighted by atomic mass is 16.5. The van der Waals surface area contributed by atoms with Crippen molar-refractivity contribution in [2.45, 2.75) is 26.7 Å². The van der Waals surface area contributed by atoms with Gasteiger partial charge >= 0.3 is 0 Å². The van der Waals surface area contributed by atoms with E-state index in [1.807, 2.05) is 25.1 Å². The number of anilines is 1. The van der Waals surface area contributed by atoms with E-state index in [1.165, 1.54) is 0 Å². The van der Waals surface area contributed by atoms with Crippen LogP contribution < -0.4 is 15.4 Å². The van der Waals surface area contributed by atoms with Crippen LogP contribution in [0.15, 0.2) is 18.2 Å². The zero-order chi connectivity index (χ0) is 13.9. The summed E-state index contributed by atoms with van der Waals surface area (Å²) in [5, 5.41) is 6.34. The maximum Gasteiger partial charge on any atom is 0.231 e. The fraction of sp³-hybridized carbons (Fsp3) is 0.533. The highest BCUT2D eigenvalue weighted by Crippen LogP contribution is 2.32. The highest BCUT2D eigenvalue weighted by Gasteiger charge is 2.39. The van der Waals surface area contributed by atoms with Crippen molar-refractivity contribution >= 4 is 11.6 Å². The molecule has 2 rings (SSSR count). The van der Waals surface area contributed by atoms with Gasteiger partial charge in [0.15, 0.2) is 0 Å². The lowest BCUT2D eigenvalue weighted by Crippen LogP contribution is -2.37. The number of hydrogen-bond donors (Lipinski definition) is 2. The second-order valence-corrected chi connectivity index (χ2v) is 5.20. The molecule has 1 aliphatic heterocycles. The van der Waals surface area contributed by atoms with Gasteiger partial charge in [-0.05, 0) is 50.1 Å². The largest absolute Gasteiger partial charge is 0.497 e. The van der Waals surface area contributed by atoms with E-state index in [4.69, 9.17) is 4.74 Å². The maximum absolute atomic E-state index is 12.5. The molecule has 0 radical (unpaired) electrons. The van der Waals surface area contributed by atoms with Crippen molar-refractivity contribution < 1.29 is 9.53 Å². The molecule has 0 spiro atoms. The molecule has 1 atom stereocenters. The smallest absolute Gasteiger partial charge is 0.231 e. The summed E-state index contributed by atoms with van der Waals surface area (Å²) in [5.41, 5.74) is 1.63. The molecule has 0 aliphatic carbocycles. The molecular formula is C15H22N2O2. The number of rotatable bonds is 4. The Labute approximate surface area is 114 Å². The van der Waals surface area contributed by atoms with Gasteiger partial charge in [-0.3, -0.25) is 4.79 Å². The average Bonchev–Trinajstić information content (AvgIpc) is 2.91. The normalized spacial score (nSPS) is 22.3. The summed E-state index contributed by atoms with van der Waals surface area (Å²) < 4.78 is 5.17. The van der Waals surface area contributed by atoms with Gasteiger partial charge in [0.05, 0.1) is 12.5 Å². The summed E-state index contributed by atoms with van der Waals surface area (Å²) in [5.74, 6) is 0.927. The molecule has 1 aliphatic rings. The van der Waals surface area contributed by atoms with Gasteiger partial charge in [-0.25, -0.2) is 0 Å². The molecule has 1 fully saturated rings. The van der Waals surface area contributed by atoms with Crippen LogP contribution in [0.5, 0.6) is 5.75 Å². The van der Waals surface area contributed by atoms with Gasteiger partial charge in [0.25, 0.3) is 0 Å². The summed E-state index contributed by atoms with van der Waals surface area (Å²) in [4.78, 5) is 12.5. The number of benzene rings is 1. The molecule has 1 aromatic rings. The Bertz CT molecular complexity index is 465. The Hall–Kier alpha value is -1.55. The van der Waals surface area contributed by atoms with Crippen LogP contribution in [0.1, 0.15) is 25.3 Å². The van der Waals surface area contributed by atoms with Gasteiger partial charge in [-0.15, -0.1) is 0 Å². The second kappa shape index (κ2) is 5.61. The van der Waals surface area contributed by atoms with Crippen LogP contribution in [0.2, 0.25) is 0 Å². The SMILES string of the molecule is CCC1(C(=O)Nc2ccc(OC)cc2C)CCNC1. The molecule has 1 unspecified atom stereocenters. The molecular weight excluding hydrogens is 240 g/mol. The second-order valence-electron chi connectivity index (χ2n) is 5.20. The average molecular weight is 262 g/mol. The number of aryl methyl sites for hydroxylation is 1. The minimum absolute atomic E-state index is 0.119. The van der Waals surface area contributed by atoms with Crippen molar-refractivity contribution in [1.29, 1.82) is 0 Å². The topological polar surface area (TPSA) is 50.4 Å². The van der Waals surface area contributed by atoms with Gasteiger partial charge in [0.1, 0.15) is 5.75 Å². The standard InChI is InChI=1S/C15H22N2O2/c1-4-15(7-8-16-10-15)14(18)17-13-6-5-12(19-3)9-11(13)2/h5-6,9,16H,4,7-8,10H2,1-3H3,(H,17,18). The van der Waals surface area contributed by atoms with Crippen molar-refractivity contribution in [1.82, 2.24) is 5.32 Å². The predicted molar refractivity (Wildman–Crippen MR) is 76.6 cm³/mol. The number of ether oxygens (including phenoxy) is 1. The Morgan fingerprint density at radius 1 is 1.53 bits per heavy atom.